The molecule has 2 aliphatic rings. The van der Waals surface area contributed by atoms with Gasteiger partial charge in [0.2, 0.25) is 5.91 Å². The van der Waals surface area contributed by atoms with Crippen LogP contribution < -0.4 is 5.73 Å². The molecular weight excluding hydrogens is 240 g/mol. The molecule has 0 aromatic rings. The Morgan fingerprint density at radius 2 is 2.12 bits per heavy atom. The Morgan fingerprint density at radius 1 is 1.41 bits per heavy atom. The number of hydrogen-bond acceptors (Lipinski definition) is 4. The quantitative estimate of drug-likeness (QED) is 0.753. The highest BCUT2D eigenvalue weighted by Gasteiger charge is 2.42. The van der Waals surface area contributed by atoms with Gasteiger partial charge in [0.25, 0.3) is 0 Å². The number of carbonyl (C=O) groups excluding carboxylic acids is 1. The Kier molecular flexibility index (Phi) is 3.63. The lowest BCUT2D eigenvalue weighted by Gasteiger charge is -2.27. The van der Waals surface area contributed by atoms with E-state index in [1.807, 2.05) is 6.92 Å². The number of rotatable bonds is 2. The molecule has 0 aromatic carbocycles. The van der Waals surface area contributed by atoms with Crippen LogP contribution in [0.2, 0.25) is 0 Å². The molecule has 4 unspecified atom stereocenters. The molecule has 0 aromatic heterocycles. The van der Waals surface area contributed by atoms with Crippen LogP contribution in [0.3, 0.4) is 0 Å². The second-order valence-electron chi connectivity index (χ2n) is 4.80. The summed E-state index contributed by atoms with van der Waals surface area (Å²) >= 11 is 1.52. The van der Waals surface area contributed by atoms with Gasteiger partial charge in [-0.2, -0.15) is 0 Å². The summed E-state index contributed by atoms with van der Waals surface area (Å²) in [6, 6.07) is -0.572. The lowest BCUT2D eigenvalue weighted by molar-refractivity contribution is -0.150. The number of carboxylic acids is 1. The number of hydrogen-bond donors (Lipinski definition) is 2. The highest BCUT2D eigenvalue weighted by molar-refractivity contribution is 8.00. The van der Waals surface area contributed by atoms with E-state index >= 15 is 0 Å². The Morgan fingerprint density at radius 3 is 2.65 bits per heavy atom. The third kappa shape index (κ3) is 2.42. The summed E-state index contributed by atoms with van der Waals surface area (Å²) in [4.78, 5) is 25.0. The summed E-state index contributed by atoms with van der Waals surface area (Å²) in [5.41, 5.74) is 5.80. The number of carbonyl (C=O) groups is 2. The smallest absolute Gasteiger partial charge is 0.327 e. The van der Waals surface area contributed by atoms with Crippen LogP contribution in [-0.2, 0) is 9.59 Å². The van der Waals surface area contributed by atoms with Crippen molar-refractivity contribution in [2.75, 3.05) is 5.75 Å². The fraction of sp³-hybridized carbons (Fsp3) is 0.818. The van der Waals surface area contributed by atoms with Gasteiger partial charge >= 0.3 is 5.97 Å². The average Bonchev–Trinajstić information content (AvgIpc) is 2.83. The topological polar surface area (TPSA) is 83.6 Å². The zero-order valence-corrected chi connectivity index (χ0v) is 10.7. The first-order valence-corrected chi connectivity index (χ1v) is 6.97. The van der Waals surface area contributed by atoms with E-state index in [0.717, 1.165) is 12.8 Å². The Balaban J connectivity index is 2.09. The molecular formula is C11H18N2O3S. The van der Waals surface area contributed by atoms with Gasteiger partial charge in [0.15, 0.2) is 0 Å². The van der Waals surface area contributed by atoms with Gasteiger partial charge in [-0.15, -0.1) is 11.8 Å². The summed E-state index contributed by atoms with van der Waals surface area (Å²) < 4.78 is 0. The third-order valence-corrected chi connectivity index (χ3v) is 4.80. The lowest BCUT2D eigenvalue weighted by Crippen LogP contribution is -2.47. The molecule has 2 rings (SSSR count). The molecule has 17 heavy (non-hydrogen) atoms. The molecule has 1 amide bonds. The van der Waals surface area contributed by atoms with Gasteiger partial charge < -0.3 is 15.7 Å². The molecule has 1 saturated carbocycles. The van der Waals surface area contributed by atoms with Crippen LogP contribution >= 0.6 is 11.8 Å². The fourth-order valence-electron chi connectivity index (χ4n) is 2.62. The first-order valence-electron chi connectivity index (χ1n) is 5.93. The molecule has 5 nitrogen and oxygen atoms in total. The number of thioether (sulfide) groups is 1. The van der Waals surface area contributed by atoms with Crippen LogP contribution in [0, 0.1) is 5.92 Å². The Hall–Kier alpha value is -0.750. The van der Waals surface area contributed by atoms with Crippen molar-refractivity contribution in [2.45, 2.75) is 43.6 Å². The fourth-order valence-corrected chi connectivity index (χ4v) is 3.79. The van der Waals surface area contributed by atoms with Crippen LogP contribution in [0.25, 0.3) is 0 Å². The molecule has 6 heteroatoms. The van der Waals surface area contributed by atoms with Crippen LogP contribution in [0.15, 0.2) is 0 Å². The highest BCUT2D eigenvalue weighted by atomic mass is 32.2. The minimum absolute atomic E-state index is 0.0251. The normalized spacial score (nSPS) is 37.4. The second kappa shape index (κ2) is 4.86. The van der Waals surface area contributed by atoms with Crippen LogP contribution in [0.5, 0.6) is 0 Å². The van der Waals surface area contributed by atoms with Crippen molar-refractivity contribution in [2.24, 2.45) is 11.7 Å². The van der Waals surface area contributed by atoms with Crippen LogP contribution in [0.1, 0.15) is 26.2 Å². The number of carboxylic acid groups (broad SMARTS) is 1. The second-order valence-corrected chi connectivity index (χ2v) is 6.15. The molecule has 1 aliphatic heterocycles. The van der Waals surface area contributed by atoms with E-state index in [9.17, 15) is 9.59 Å². The molecule has 2 fully saturated rings. The van der Waals surface area contributed by atoms with Gasteiger partial charge in [-0.25, -0.2) is 4.79 Å². The lowest BCUT2D eigenvalue weighted by atomic mass is 10.1. The van der Waals surface area contributed by atoms with E-state index in [1.54, 1.807) is 0 Å². The van der Waals surface area contributed by atoms with Gasteiger partial charge in [0, 0.05) is 17.7 Å². The van der Waals surface area contributed by atoms with Gasteiger partial charge in [-0.3, -0.25) is 4.79 Å². The summed E-state index contributed by atoms with van der Waals surface area (Å²) in [6.45, 7) is 1.89. The largest absolute Gasteiger partial charge is 0.480 e. The third-order valence-electron chi connectivity index (χ3n) is 3.58. The maximum Gasteiger partial charge on any atom is 0.327 e. The zero-order valence-electron chi connectivity index (χ0n) is 9.83. The molecule has 1 saturated heterocycles. The molecule has 4 atom stereocenters. The summed E-state index contributed by atoms with van der Waals surface area (Å²) in [5.74, 6) is -0.519. The van der Waals surface area contributed by atoms with Crippen LogP contribution in [0.4, 0.5) is 0 Å². The first-order chi connectivity index (χ1) is 8.00. The summed E-state index contributed by atoms with van der Waals surface area (Å²) in [6.07, 6.45) is 2.35. The highest BCUT2D eigenvalue weighted by Crippen LogP contribution is 2.34. The molecule has 3 N–H and O–H groups in total. The number of nitrogens with two attached hydrogens (primary N) is 1. The molecule has 1 aliphatic carbocycles. The van der Waals surface area contributed by atoms with E-state index in [0.29, 0.717) is 12.2 Å². The predicted molar refractivity (Wildman–Crippen MR) is 65.5 cm³/mol. The van der Waals surface area contributed by atoms with Crippen molar-refractivity contribution in [1.29, 1.82) is 0 Å². The average molecular weight is 258 g/mol. The Labute approximate surface area is 105 Å². The van der Waals surface area contributed by atoms with E-state index < -0.39 is 12.0 Å². The number of amides is 1. The van der Waals surface area contributed by atoms with E-state index in [-0.39, 0.29) is 23.2 Å². The number of nitrogens with zero attached hydrogens (tertiary/aromatic N) is 1. The van der Waals surface area contributed by atoms with Gasteiger partial charge in [0.1, 0.15) is 6.04 Å². The van der Waals surface area contributed by atoms with E-state index in [2.05, 4.69) is 0 Å². The summed E-state index contributed by atoms with van der Waals surface area (Å²) in [7, 11) is 0. The molecule has 0 radical (unpaired) electrons. The van der Waals surface area contributed by atoms with Gasteiger partial charge in [-0.05, 0) is 26.2 Å². The minimum atomic E-state index is -0.905. The van der Waals surface area contributed by atoms with Crippen molar-refractivity contribution >= 4 is 23.6 Å². The Bertz CT molecular complexity index is 337. The predicted octanol–water partition coefficient (Wildman–Crippen LogP) is 0.488. The molecule has 96 valence electrons. The van der Waals surface area contributed by atoms with Crippen molar-refractivity contribution in [3.05, 3.63) is 0 Å². The standard InChI is InChI=1S/C11H18N2O3S/c1-6-13(9(5-17-6)11(15)16)10(14)7-2-3-8(12)4-7/h6-9H,2-5,12H2,1H3,(H,15,16). The van der Waals surface area contributed by atoms with Gasteiger partial charge in [-0.1, -0.05) is 0 Å². The molecule has 1 heterocycles. The van der Waals surface area contributed by atoms with Crippen LogP contribution in [-0.4, -0.2) is 45.1 Å². The van der Waals surface area contributed by atoms with Crippen molar-refractivity contribution in [1.82, 2.24) is 4.90 Å². The van der Waals surface area contributed by atoms with Crippen molar-refractivity contribution in [3.63, 3.8) is 0 Å². The van der Waals surface area contributed by atoms with E-state index in [4.69, 9.17) is 10.8 Å². The number of aliphatic carboxylic acids is 1. The molecule has 0 bridgehead atoms. The monoisotopic (exact) mass is 258 g/mol. The SMILES string of the molecule is CC1SCC(C(=O)O)N1C(=O)C1CCC(N)C1. The maximum absolute atomic E-state index is 12.3. The van der Waals surface area contributed by atoms with Gasteiger partial charge in [0.05, 0.1) is 5.37 Å². The maximum atomic E-state index is 12.3. The molecule has 0 spiro atoms. The van der Waals surface area contributed by atoms with Crippen molar-refractivity contribution in [3.8, 4) is 0 Å². The zero-order chi connectivity index (χ0) is 12.6. The minimum Gasteiger partial charge on any atom is -0.480 e. The summed E-state index contributed by atoms with van der Waals surface area (Å²) in [5, 5.41) is 9.07. The van der Waals surface area contributed by atoms with Crippen molar-refractivity contribution < 1.29 is 14.7 Å². The van der Waals surface area contributed by atoms with E-state index in [1.165, 1.54) is 16.7 Å². The first kappa shape index (κ1) is 12.7.